The predicted octanol–water partition coefficient (Wildman–Crippen LogP) is -1.83. The molecule has 0 aromatic heterocycles. The second kappa shape index (κ2) is 6.28. The van der Waals surface area contributed by atoms with Gasteiger partial charge in [-0.25, -0.2) is 0 Å². The fourth-order valence-electron chi connectivity index (χ4n) is 4.51. The van der Waals surface area contributed by atoms with E-state index in [-0.39, 0.29) is 24.9 Å². The molecule has 0 radical (unpaired) electrons. The number of hydrogen-bond acceptors (Lipinski definition) is 8. The smallest absolute Gasteiger partial charge is 0.186 e. The van der Waals surface area contributed by atoms with Gasteiger partial charge in [-0.05, 0) is 25.2 Å². The van der Waals surface area contributed by atoms with E-state index in [0.717, 1.165) is 6.42 Å². The van der Waals surface area contributed by atoms with Crippen LogP contribution >= 0.6 is 0 Å². The van der Waals surface area contributed by atoms with Crippen molar-refractivity contribution in [3.05, 3.63) is 0 Å². The molecule has 0 amide bonds. The van der Waals surface area contributed by atoms with Crippen molar-refractivity contribution in [1.82, 2.24) is 0 Å². The first kappa shape index (κ1) is 18.2. The summed E-state index contributed by atoms with van der Waals surface area (Å²) in [5, 5.41) is 48.4. The van der Waals surface area contributed by atoms with Crippen molar-refractivity contribution in [3.8, 4) is 0 Å². The quantitative estimate of drug-likeness (QED) is 0.392. The molecule has 0 aromatic carbocycles. The Bertz CT molecular complexity index is 496. The van der Waals surface area contributed by atoms with E-state index in [1.165, 1.54) is 0 Å². The van der Waals surface area contributed by atoms with Gasteiger partial charge in [-0.15, -0.1) is 0 Å². The SMILES string of the molecule is C[C@@]1(CO)C(=O)[C@@]2(CO[C@@H]3O[C@H](CO)[C@@H](O)[C@H](O)[C@H]3O)CC[C@@H]1C2. The fourth-order valence-corrected chi connectivity index (χ4v) is 4.51. The van der Waals surface area contributed by atoms with E-state index in [1.54, 1.807) is 6.92 Å². The second-order valence-electron chi connectivity index (χ2n) is 7.63. The van der Waals surface area contributed by atoms with Gasteiger partial charge in [0.15, 0.2) is 6.29 Å². The van der Waals surface area contributed by atoms with Gasteiger partial charge in [-0.2, -0.15) is 0 Å². The number of fused-ring (bicyclic) bond motifs is 2. The zero-order valence-electron chi connectivity index (χ0n) is 13.7. The summed E-state index contributed by atoms with van der Waals surface area (Å²) < 4.78 is 10.9. The number of ketones is 1. The van der Waals surface area contributed by atoms with Gasteiger partial charge in [0.2, 0.25) is 0 Å². The number of aliphatic hydroxyl groups excluding tert-OH is 5. The molecule has 138 valence electrons. The van der Waals surface area contributed by atoms with Crippen LogP contribution in [-0.4, -0.2) is 81.8 Å². The molecule has 8 atom stereocenters. The molecule has 0 unspecified atom stereocenters. The minimum Gasteiger partial charge on any atom is -0.395 e. The van der Waals surface area contributed by atoms with Crippen molar-refractivity contribution in [3.63, 3.8) is 0 Å². The molecule has 3 rings (SSSR count). The van der Waals surface area contributed by atoms with Crippen molar-refractivity contribution in [1.29, 1.82) is 0 Å². The van der Waals surface area contributed by atoms with Gasteiger partial charge < -0.3 is 35.0 Å². The van der Waals surface area contributed by atoms with Crippen LogP contribution in [0.25, 0.3) is 0 Å². The summed E-state index contributed by atoms with van der Waals surface area (Å²) in [7, 11) is 0. The summed E-state index contributed by atoms with van der Waals surface area (Å²) in [5.41, 5.74) is -1.46. The molecule has 5 N–H and O–H groups in total. The molecule has 1 heterocycles. The molecule has 1 aliphatic heterocycles. The second-order valence-corrected chi connectivity index (χ2v) is 7.63. The normalized spacial score (nSPS) is 51.3. The summed E-state index contributed by atoms with van der Waals surface area (Å²) in [6, 6.07) is 0. The Hall–Kier alpha value is -0.610. The van der Waals surface area contributed by atoms with Crippen molar-refractivity contribution < 1.29 is 39.8 Å². The largest absolute Gasteiger partial charge is 0.395 e. The molecule has 3 fully saturated rings. The first-order valence-corrected chi connectivity index (χ1v) is 8.37. The van der Waals surface area contributed by atoms with Crippen LogP contribution in [0.3, 0.4) is 0 Å². The molecule has 2 saturated carbocycles. The summed E-state index contributed by atoms with van der Waals surface area (Å²) in [6.07, 6.45) is -4.57. The molecule has 2 aliphatic carbocycles. The Labute approximate surface area is 140 Å². The standard InChI is InChI=1S/C16H26O8/c1-15(6-18)8-2-3-16(4-8,14(15)22)7-23-13-12(21)11(20)10(19)9(5-17)24-13/h8-13,17-21H,2-7H2,1H3/t8-,9-,10-,11+,12-,13-,15+,16+/m1/s1. The average molecular weight is 346 g/mol. The molecular weight excluding hydrogens is 320 g/mol. The number of carbonyl (C=O) groups is 1. The maximum atomic E-state index is 12.8. The molecule has 8 nitrogen and oxygen atoms in total. The lowest BCUT2D eigenvalue weighted by molar-refractivity contribution is -0.305. The number of carbonyl (C=O) groups excluding carboxylic acids is 1. The third-order valence-corrected chi connectivity index (χ3v) is 6.21. The average Bonchev–Trinajstić information content (AvgIpc) is 3.11. The number of Topliss-reactive ketones (excluding diaryl/α,β-unsaturated/α-hetero) is 1. The highest BCUT2D eigenvalue weighted by Crippen LogP contribution is 2.60. The molecule has 0 spiro atoms. The molecule has 2 bridgehead atoms. The van der Waals surface area contributed by atoms with Crippen LogP contribution < -0.4 is 0 Å². The molecule has 24 heavy (non-hydrogen) atoms. The van der Waals surface area contributed by atoms with Crippen molar-refractivity contribution in [2.45, 2.75) is 56.9 Å². The van der Waals surface area contributed by atoms with Gasteiger partial charge >= 0.3 is 0 Å². The summed E-state index contributed by atoms with van der Waals surface area (Å²) >= 11 is 0. The highest BCUT2D eigenvalue weighted by atomic mass is 16.7. The number of aliphatic hydroxyl groups is 5. The summed E-state index contributed by atoms with van der Waals surface area (Å²) in [6.45, 7) is 1.06. The van der Waals surface area contributed by atoms with Crippen LogP contribution in [0.15, 0.2) is 0 Å². The lowest BCUT2D eigenvalue weighted by Gasteiger charge is -2.41. The minimum atomic E-state index is -1.50. The zero-order valence-corrected chi connectivity index (χ0v) is 13.7. The van der Waals surface area contributed by atoms with E-state index in [9.17, 15) is 30.3 Å². The van der Waals surface area contributed by atoms with Crippen LogP contribution in [0.4, 0.5) is 0 Å². The lowest BCUT2D eigenvalue weighted by Crippen LogP contribution is -2.59. The monoisotopic (exact) mass is 346 g/mol. The Morgan fingerprint density at radius 1 is 1.21 bits per heavy atom. The van der Waals surface area contributed by atoms with Crippen LogP contribution in [0, 0.1) is 16.7 Å². The molecule has 0 aromatic rings. The topological polar surface area (TPSA) is 137 Å². The van der Waals surface area contributed by atoms with Crippen LogP contribution in [-0.2, 0) is 14.3 Å². The minimum absolute atomic E-state index is 0.0145. The Kier molecular flexibility index (Phi) is 4.76. The number of ether oxygens (including phenoxy) is 2. The fraction of sp³-hybridized carbons (Fsp3) is 0.938. The molecule has 3 aliphatic rings. The van der Waals surface area contributed by atoms with Gasteiger partial charge in [0, 0.05) is 0 Å². The first-order valence-electron chi connectivity index (χ1n) is 8.37. The van der Waals surface area contributed by atoms with Crippen LogP contribution in [0.1, 0.15) is 26.2 Å². The number of rotatable bonds is 5. The van der Waals surface area contributed by atoms with E-state index < -0.39 is 48.1 Å². The van der Waals surface area contributed by atoms with Gasteiger partial charge in [-0.3, -0.25) is 4.79 Å². The summed E-state index contributed by atoms with van der Waals surface area (Å²) in [4.78, 5) is 12.8. The predicted molar refractivity (Wildman–Crippen MR) is 79.7 cm³/mol. The van der Waals surface area contributed by atoms with Crippen LogP contribution in [0.5, 0.6) is 0 Å². The van der Waals surface area contributed by atoms with Crippen molar-refractivity contribution in [2.24, 2.45) is 16.7 Å². The zero-order chi connectivity index (χ0) is 17.7. The molecule has 1 saturated heterocycles. The Morgan fingerprint density at radius 2 is 1.92 bits per heavy atom. The van der Waals surface area contributed by atoms with Gasteiger partial charge in [0.25, 0.3) is 0 Å². The maximum Gasteiger partial charge on any atom is 0.186 e. The van der Waals surface area contributed by atoms with E-state index in [4.69, 9.17) is 9.47 Å². The Morgan fingerprint density at radius 3 is 2.50 bits per heavy atom. The van der Waals surface area contributed by atoms with E-state index in [1.807, 2.05) is 0 Å². The molecule has 8 heteroatoms. The number of hydrogen-bond donors (Lipinski definition) is 5. The highest BCUT2D eigenvalue weighted by Gasteiger charge is 2.63. The van der Waals surface area contributed by atoms with Gasteiger partial charge in [-0.1, -0.05) is 6.92 Å². The van der Waals surface area contributed by atoms with Crippen molar-refractivity contribution in [2.75, 3.05) is 19.8 Å². The van der Waals surface area contributed by atoms with Gasteiger partial charge in [0.1, 0.15) is 30.2 Å². The molecular formula is C16H26O8. The van der Waals surface area contributed by atoms with Gasteiger partial charge in [0.05, 0.1) is 30.7 Å². The maximum absolute atomic E-state index is 12.8. The highest BCUT2D eigenvalue weighted by molar-refractivity contribution is 5.94. The van der Waals surface area contributed by atoms with E-state index >= 15 is 0 Å². The Balaban J connectivity index is 1.68. The van der Waals surface area contributed by atoms with E-state index in [0.29, 0.717) is 12.8 Å². The van der Waals surface area contributed by atoms with Crippen LogP contribution in [0.2, 0.25) is 0 Å². The lowest BCUT2D eigenvalue weighted by atomic mass is 9.70. The third kappa shape index (κ3) is 2.52. The third-order valence-electron chi connectivity index (χ3n) is 6.21. The van der Waals surface area contributed by atoms with Crippen molar-refractivity contribution >= 4 is 5.78 Å². The summed E-state index contributed by atoms with van der Waals surface area (Å²) in [5.74, 6) is 0.0896. The first-order chi connectivity index (χ1) is 11.3. The van der Waals surface area contributed by atoms with E-state index in [2.05, 4.69) is 0 Å².